The van der Waals surface area contributed by atoms with Crippen molar-refractivity contribution in [3.05, 3.63) is 99.3 Å². The Morgan fingerprint density at radius 2 is 1.68 bits per heavy atom. The first-order valence-corrected chi connectivity index (χ1v) is 14.6. The summed E-state index contributed by atoms with van der Waals surface area (Å²) >= 11 is 5.96. The highest BCUT2D eigenvalue weighted by molar-refractivity contribution is 6.31. The molecule has 5 rings (SSSR count). The summed E-state index contributed by atoms with van der Waals surface area (Å²) in [5.41, 5.74) is 3.09. The van der Waals surface area contributed by atoms with Crippen LogP contribution in [-0.4, -0.2) is 78.2 Å². The molecule has 2 aliphatic heterocycles. The molecule has 0 aliphatic carbocycles. The summed E-state index contributed by atoms with van der Waals surface area (Å²) in [6.07, 6.45) is 2.87. The molecule has 1 unspecified atom stereocenters. The Hall–Kier alpha value is -4.54. The zero-order valence-corrected chi connectivity index (χ0v) is 25.1. The van der Waals surface area contributed by atoms with Crippen LogP contribution in [0.2, 0.25) is 5.02 Å². The van der Waals surface area contributed by atoms with Gasteiger partial charge in [-0.25, -0.2) is 9.18 Å². The Kier molecular flexibility index (Phi) is 9.12. The van der Waals surface area contributed by atoms with E-state index in [1.54, 1.807) is 0 Å². The van der Waals surface area contributed by atoms with Gasteiger partial charge in [0.1, 0.15) is 11.9 Å². The van der Waals surface area contributed by atoms with Gasteiger partial charge in [-0.3, -0.25) is 14.4 Å². The summed E-state index contributed by atoms with van der Waals surface area (Å²) in [6, 6.07) is 13.2. The number of anilines is 2. The number of carboxylic acid groups (broad SMARTS) is 1. The van der Waals surface area contributed by atoms with Gasteiger partial charge < -0.3 is 25.1 Å². The number of piperazine rings is 1. The lowest BCUT2D eigenvalue weighted by Gasteiger charge is -2.40. The molecule has 9 nitrogen and oxygen atoms in total. The molecule has 2 heterocycles. The number of hydrogen-bond donors (Lipinski definition) is 2. The average molecular weight is 619 g/mol. The minimum absolute atomic E-state index is 0.0722. The molecule has 0 aromatic heterocycles. The van der Waals surface area contributed by atoms with E-state index >= 15 is 0 Å². The largest absolute Gasteiger partial charge is 0.478 e. The van der Waals surface area contributed by atoms with Gasteiger partial charge in [0.25, 0.3) is 5.91 Å². The smallest absolute Gasteiger partial charge is 0.335 e. The van der Waals surface area contributed by atoms with E-state index in [1.807, 2.05) is 18.2 Å². The molecule has 0 saturated carbocycles. The minimum atomic E-state index is -1.09. The Labute approximate surface area is 259 Å². The van der Waals surface area contributed by atoms with Gasteiger partial charge in [0.05, 0.1) is 10.6 Å². The molecule has 0 bridgehead atoms. The molecule has 0 radical (unpaired) electrons. The summed E-state index contributed by atoms with van der Waals surface area (Å²) in [5, 5.41) is 11.9. The first-order valence-electron chi connectivity index (χ1n) is 14.2. The predicted octanol–water partition coefficient (Wildman–Crippen LogP) is 4.91. The average Bonchev–Trinajstić information content (AvgIpc) is 3.01. The number of nitrogens with one attached hydrogen (secondary N) is 1. The number of fused-ring (bicyclic) bond motifs is 1. The van der Waals surface area contributed by atoms with E-state index in [-0.39, 0.29) is 34.0 Å². The second kappa shape index (κ2) is 13.0. The van der Waals surface area contributed by atoms with Crippen molar-refractivity contribution < 1.29 is 28.7 Å². The third-order valence-corrected chi connectivity index (χ3v) is 8.37. The molecule has 0 spiro atoms. The highest BCUT2D eigenvalue weighted by Gasteiger charge is 2.37. The van der Waals surface area contributed by atoms with Crippen LogP contribution in [0.3, 0.4) is 0 Å². The van der Waals surface area contributed by atoms with Crippen molar-refractivity contribution in [2.75, 3.05) is 50.0 Å². The number of nitrogens with zero attached hydrogens (tertiary/aromatic N) is 3. The normalized spacial score (nSPS) is 17.0. The van der Waals surface area contributed by atoms with Crippen molar-refractivity contribution in [3.63, 3.8) is 0 Å². The van der Waals surface area contributed by atoms with Crippen LogP contribution in [0.1, 0.15) is 50.4 Å². The van der Waals surface area contributed by atoms with Crippen LogP contribution >= 0.6 is 11.6 Å². The zero-order chi connectivity index (χ0) is 31.5. The van der Waals surface area contributed by atoms with Crippen molar-refractivity contribution in [1.82, 2.24) is 9.80 Å². The molecule has 1 atom stereocenters. The van der Waals surface area contributed by atoms with Gasteiger partial charge >= 0.3 is 5.97 Å². The fourth-order valence-corrected chi connectivity index (χ4v) is 5.87. The standard InChI is InChI=1S/C33H32ClFN4O5/c1-20(40)23-10-12-27(34)30(35)25(23)11-13-29(41)39-15-14-24-26(4-3-5-28(24)38-18-16-37(2)17-19-38)31(39)32(42)36-22-8-6-21(7-9-22)33(43)44/h3-13,31H,14-19H2,1-2H3,(H,36,42)(H,43,44)/b13-11+. The Balaban J connectivity index is 1.51. The van der Waals surface area contributed by atoms with Crippen LogP contribution in [0.15, 0.2) is 60.7 Å². The first kappa shape index (κ1) is 30.9. The number of aromatic carboxylic acids is 1. The number of carbonyl (C=O) groups excluding carboxylic acids is 3. The number of ketones is 1. The van der Waals surface area contributed by atoms with E-state index < -0.39 is 29.6 Å². The van der Waals surface area contributed by atoms with E-state index in [0.717, 1.165) is 43.5 Å². The van der Waals surface area contributed by atoms with E-state index in [0.29, 0.717) is 17.7 Å². The summed E-state index contributed by atoms with van der Waals surface area (Å²) in [7, 11) is 2.08. The maximum absolute atomic E-state index is 14.9. The van der Waals surface area contributed by atoms with E-state index in [4.69, 9.17) is 11.6 Å². The second-order valence-electron chi connectivity index (χ2n) is 10.9. The summed E-state index contributed by atoms with van der Waals surface area (Å²) in [6.45, 7) is 4.97. The maximum Gasteiger partial charge on any atom is 0.335 e. The molecule has 2 aliphatic rings. The van der Waals surface area contributed by atoms with Crippen molar-refractivity contribution in [1.29, 1.82) is 0 Å². The highest BCUT2D eigenvalue weighted by atomic mass is 35.5. The minimum Gasteiger partial charge on any atom is -0.478 e. The van der Waals surface area contributed by atoms with Gasteiger partial charge in [-0.15, -0.1) is 0 Å². The summed E-state index contributed by atoms with van der Waals surface area (Å²) in [4.78, 5) is 57.0. The lowest BCUT2D eigenvalue weighted by Crippen LogP contribution is -2.47. The van der Waals surface area contributed by atoms with Crippen LogP contribution in [0.4, 0.5) is 15.8 Å². The predicted molar refractivity (Wildman–Crippen MR) is 167 cm³/mol. The van der Waals surface area contributed by atoms with Crippen LogP contribution < -0.4 is 10.2 Å². The van der Waals surface area contributed by atoms with Gasteiger partial charge in [0.15, 0.2) is 5.78 Å². The topological polar surface area (TPSA) is 110 Å². The number of rotatable bonds is 7. The number of carbonyl (C=O) groups is 4. The molecular formula is C33H32ClFN4O5. The first-order chi connectivity index (χ1) is 21.0. The molecule has 2 N–H and O–H groups in total. The Morgan fingerprint density at radius 3 is 2.34 bits per heavy atom. The molecule has 228 valence electrons. The fraction of sp³-hybridized carbons (Fsp3) is 0.273. The summed E-state index contributed by atoms with van der Waals surface area (Å²) < 4.78 is 14.9. The van der Waals surface area contributed by atoms with Crippen LogP contribution in [0.25, 0.3) is 6.08 Å². The number of amides is 2. The van der Waals surface area contributed by atoms with E-state index in [2.05, 4.69) is 22.2 Å². The molecule has 11 heteroatoms. The third kappa shape index (κ3) is 6.36. The van der Waals surface area contributed by atoms with Crippen molar-refractivity contribution in [2.24, 2.45) is 0 Å². The monoisotopic (exact) mass is 618 g/mol. The number of hydrogen-bond acceptors (Lipinski definition) is 6. The quantitative estimate of drug-likeness (QED) is 0.286. The van der Waals surface area contributed by atoms with E-state index in [9.17, 15) is 28.7 Å². The molecule has 3 aromatic carbocycles. The maximum atomic E-state index is 14.9. The van der Waals surface area contributed by atoms with E-state index in [1.165, 1.54) is 54.3 Å². The number of halogens is 2. The molecule has 1 fully saturated rings. The highest BCUT2D eigenvalue weighted by Crippen LogP contribution is 2.37. The van der Waals surface area contributed by atoms with Crippen molar-refractivity contribution in [2.45, 2.75) is 19.4 Å². The zero-order valence-electron chi connectivity index (χ0n) is 24.3. The van der Waals surface area contributed by atoms with Gasteiger partial charge in [-0.1, -0.05) is 23.7 Å². The van der Waals surface area contributed by atoms with Crippen LogP contribution in [-0.2, 0) is 16.0 Å². The van der Waals surface area contributed by atoms with Crippen LogP contribution in [0, 0.1) is 5.82 Å². The SMILES string of the molecule is CC(=O)c1ccc(Cl)c(F)c1/C=C/C(=O)N1CCc2c(cccc2N2CCN(C)CC2)C1C(=O)Nc1ccc(C(=O)O)cc1. The number of likely N-dealkylation sites (N-methyl/N-ethyl adjacent to an activating group) is 1. The molecule has 1 saturated heterocycles. The molecule has 44 heavy (non-hydrogen) atoms. The number of benzene rings is 3. The van der Waals surface area contributed by atoms with Gasteiger partial charge in [-0.2, -0.15) is 0 Å². The summed E-state index contributed by atoms with van der Waals surface area (Å²) in [5.74, 6) is -3.32. The molecular weight excluding hydrogens is 587 g/mol. The molecule has 2 amide bonds. The lowest BCUT2D eigenvalue weighted by molar-refractivity contribution is -0.135. The Bertz CT molecular complexity index is 1650. The second-order valence-corrected chi connectivity index (χ2v) is 11.3. The van der Waals surface area contributed by atoms with Gasteiger partial charge in [-0.05, 0) is 80.1 Å². The fourth-order valence-electron chi connectivity index (χ4n) is 5.71. The molecule has 3 aromatic rings. The van der Waals surface area contributed by atoms with Crippen molar-refractivity contribution >= 4 is 52.6 Å². The van der Waals surface area contributed by atoms with Gasteiger partial charge in [0, 0.05) is 61.3 Å². The van der Waals surface area contributed by atoms with Crippen molar-refractivity contribution in [3.8, 4) is 0 Å². The Morgan fingerprint density at radius 1 is 0.977 bits per heavy atom. The number of carboxylic acids is 1. The van der Waals surface area contributed by atoms with Crippen LogP contribution in [0.5, 0.6) is 0 Å². The lowest BCUT2D eigenvalue weighted by atomic mass is 9.89. The number of Topliss-reactive ketones (excluding diaryl/α,β-unsaturated/α-hetero) is 1. The van der Waals surface area contributed by atoms with Gasteiger partial charge in [0.2, 0.25) is 5.91 Å². The third-order valence-electron chi connectivity index (χ3n) is 8.08.